The molecule has 106 valence electrons. The van der Waals surface area contributed by atoms with Gasteiger partial charge in [0.15, 0.2) is 0 Å². The van der Waals surface area contributed by atoms with E-state index in [9.17, 15) is 4.79 Å². The van der Waals surface area contributed by atoms with Gasteiger partial charge >= 0.3 is 5.69 Å². The van der Waals surface area contributed by atoms with Crippen molar-refractivity contribution in [3.8, 4) is 0 Å². The molecule has 0 bridgehead atoms. The number of nitrogens with zero attached hydrogens (tertiary/aromatic N) is 1. The van der Waals surface area contributed by atoms with E-state index in [1.54, 1.807) is 0 Å². The number of rotatable bonds is 2. The Morgan fingerprint density at radius 3 is 2.85 bits per heavy atom. The van der Waals surface area contributed by atoms with E-state index in [0.717, 1.165) is 49.3 Å². The van der Waals surface area contributed by atoms with Crippen molar-refractivity contribution in [2.24, 2.45) is 0 Å². The van der Waals surface area contributed by atoms with Crippen LogP contribution < -0.4 is 11.0 Å². The smallest absolute Gasteiger partial charge is 0.317 e. The normalized spacial score (nSPS) is 23.9. The van der Waals surface area contributed by atoms with Gasteiger partial charge in [-0.3, -0.25) is 4.57 Å². The Hall–Kier alpha value is -1.55. The van der Waals surface area contributed by atoms with Crippen LogP contribution in [-0.4, -0.2) is 22.6 Å². The van der Waals surface area contributed by atoms with Crippen molar-refractivity contribution < 1.29 is 0 Å². The number of nitrogens with one attached hydrogen (secondary N) is 2. The number of aromatic nitrogens is 2. The zero-order valence-electron chi connectivity index (χ0n) is 11.7. The highest BCUT2D eigenvalue weighted by molar-refractivity contribution is 5.76. The van der Waals surface area contributed by atoms with Crippen LogP contribution in [-0.2, 0) is 0 Å². The lowest BCUT2D eigenvalue weighted by Crippen LogP contribution is -2.23. The number of aromatic amines is 1. The van der Waals surface area contributed by atoms with E-state index in [4.69, 9.17) is 0 Å². The molecular formula is C16H21N3O. The van der Waals surface area contributed by atoms with Crippen LogP contribution in [0.25, 0.3) is 11.0 Å². The molecule has 1 saturated carbocycles. The number of H-pyrrole nitrogens is 1. The van der Waals surface area contributed by atoms with E-state index >= 15 is 0 Å². The van der Waals surface area contributed by atoms with Gasteiger partial charge in [0.25, 0.3) is 0 Å². The summed E-state index contributed by atoms with van der Waals surface area (Å²) in [5, 5.41) is 3.42. The summed E-state index contributed by atoms with van der Waals surface area (Å²) in [5.41, 5.74) is 3.54. The van der Waals surface area contributed by atoms with Crippen LogP contribution in [0.15, 0.2) is 23.0 Å². The lowest BCUT2D eigenvalue weighted by atomic mass is 10.1. The highest BCUT2D eigenvalue weighted by Gasteiger charge is 2.25. The predicted molar refractivity (Wildman–Crippen MR) is 80.3 cm³/mol. The Morgan fingerprint density at radius 1 is 1.10 bits per heavy atom. The van der Waals surface area contributed by atoms with Crippen LogP contribution in [0.1, 0.15) is 49.6 Å². The number of hydrogen-bond acceptors (Lipinski definition) is 2. The number of fused-ring (bicyclic) bond motifs is 1. The topological polar surface area (TPSA) is 49.8 Å². The van der Waals surface area contributed by atoms with Gasteiger partial charge in [0, 0.05) is 6.04 Å². The zero-order chi connectivity index (χ0) is 13.5. The van der Waals surface area contributed by atoms with Crippen molar-refractivity contribution in [3.63, 3.8) is 0 Å². The standard InChI is InChI=1S/C16H21N3O/c20-16-18-14-6-5-12(11-3-4-11)10-15(14)19(16)13-2-1-8-17-9-7-13/h5-6,10-11,13,17H,1-4,7-9H2,(H,18,20). The minimum atomic E-state index is 0.0554. The average molecular weight is 271 g/mol. The molecule has 2 aliphatic rings. The lowest BCUT2D eigenvalue weighted by molar-refractivity contribution is 0.454. The van der Waals surface area contributed by atoms with Crippen molar-refractivity contribution >= 4 is 11.0 Å². The molecule has 1 aromatic carbocycles. The number of hydrogen-bond donors (Lipinski definition) is 2. The molecule has 4 heteroatoms. The summed E-state index contributed by atoms with van der Waals surface area (Å²) in [5.74, 6) is 0.730. The first-order chi connectivity index (χ1) is 9.83. The number of imidazole rings is 1. The van der Waals surface area contributed by atoms with E-state index in [1.165, 1.54) is 18.4 Å². The van der Waals surface area contributed by atoms with Crippen LogP contribution in [0.3, 0.4) is 0 Å². The Morgan fingerprint density at radius 2 is 2.00 bits per heavy atom. The SMILES string of the molecule is O=c1[nH]c2ccc(C3CC3)cc2n1C1CCCNCC1. The summed E-state index contributed by atoms with van der Waals surface area (Å²) >= 11 is 0. The van der Waals surface area contributed by atoms with Gasteiger partial charge in [0.2, 0.25) is 0 Å². The van der Waals surface area contributed by atoms with Crippen molar-refractivity contribution in [2.45, 2.75) is 44.1 Å². The summed E-state index contributed by atoms with van der Waals surface area (Å²) in [6.45, 7) is 2.08. The van der Waals surface area contributed by atoms with Crippen LogP contribution in [0.2, 0.25) is 0 Å². The first-order valence-electron chi connectivity index (χ1n) is 7.78. The van der Waals surface area contributed by atoms with Crippen LogP contribution in [0, 0.1) is 0 Å². The summed E-state index contributed by atoms with van der Waals surface area (Å²) in [4.78, 5) is 15.4. The summed E-state index contributed by atoms with van der Waals surface area (Å²) < 4.78 is 2.01. The molecule has 1 saturated heterocycles. The molecule has 1 unspecified atom stereocenters. The second-order valence-electron chi connectivity index (χ2n) is 6.19. The molecule has 1 atom stereocenters. The Balaban J connectivity index is 1.81. The van der Waals surface area contributed by atoms with Crippen molar-refractivity contribution in [1.29, 1.82) is 0 Å². The van der Waals surface area contributed by atoms with Gasteiger partial charge in [-0.15, -0.1) is 0 Å². The minimum Gasteiger partial charge on any atom is -0.317 e. The molecule has 2 heterocycles. The monoisotopic (exact) mass is 271 g/mol. The van der Waals surface area contributed by atoms with Gasteiger partial charge in [0.05, 0.1) is 11.0 Å². The largest absolute Gasteiger partial charge is 0.326 e. The maximum Gasteiger partial charge on any atom is 0.326 e. The molecular weight excluding hydrogens is 250 g/mol. The first-order valence-corrected chi connectivity index (χ1v) is 7.78. The van der Waals surface area contributed by atoms with Crippen molar-refractivity contribution in [2.75, 3.05) is 13.1 Å². The molecule has 2 aromatic rings. The molecule has 0 radical (unpaired) electrons. The van der Waals surface area contributed by atoms with Gasteiger partial charge in [0.1, 0.15) is 0 Å². The van der Waals surface area contributed by atoms with Gasteiger partial charge < -0.3 is 10.3 Å². The average Bonchev–Trinajstić information content (AvgIpc) is 3.25. The third kappa shape index (κ3) is 2.08. The quantitative estimate of drug-likeness (QED) is 0.882. The fourth-order valence-corrected chi connectivity index (χ4v) is 3.43. The molecule has 0 amide bonds. The Bertz CT molecular complexity index is 673. The molecule has 1 aliphatic carbocycles. The lowest BCUT2D eigenvalue weighted by Gasteiger charge is -2.16. The van der Waals surface area contributed by atoms with Crippen LogP contribution >= 0.6 is 0 Å². The van der Waals surface area contributed by atoms with E-state index in [2.05, 4.69) is 28.5 Å². The van der Waals surface area contributed by atoms with E-state index < -0.39 is 0 Å². The summed E-state index contributed by atoms with van der Waals surface area (Å²) in [7, 11) is 0. The zero-order valence-corrected chi connectivity index (χ0v) is 11.7. The molecule has 4 rings (SSSR count). The van der Waals surface area contributed by atoms with E-state index in [-0.39, 0.29) is 5.69 Å². The van der Waals surface area contributed by atoms with Gasteiger partial charge in [-0.1, -0.05) is 6.07 Å². The molecule has 1 aromatic heterocycles. The maximum atomic E-state index is 12.3. The van der Waals surface area contributed by atoms with Crippen LogP contribution in [0.5, 0.6) is 0 Å². The Kier molecular flexibility index (Phi) is 2.91. The van der Waals surface area contributed by atoms with E-state index in [1.807, 2.05) is 4.57 Å². The highest BCUT2D eigenvalue weighted by atomic mass is 16.1. The fraction of sp³-hybridized carbons (Fsp3) is 0.562. The molecule has 20 heavy (non-hydrogen) atoms. The van der Waals surface area contributed by atoms with E-state index in [0.29, 0.717) is 6.04 Å². The second kappa shape index (κ2) is 4.77. The number of benzene rings is 1. The molecule has 2 fully saturated rings. The first kappa shape index (κ1) is 12.2. The molecule has 2 N–H and O–H groups in total. The third-order valence-electron chi connectivity index (χ3n) is 4.70. The Labute approximate surface area is 118 Å². The predicted octanol–water partition coefficient (Wildman–Crippen LogP) is 2.52. The molecule has 1 aliphatic heterocycles. The summed E-state index contributed by atoms with van der Waals surface area (Å²) in [6, 6.07) is 6.83. The summed E-state index contributed by atoms with van der Waals surface area (Å²) in [6.07, 6.45) is 5.88. The van der Waals surface area contributed by atoms with Crippen LogP contribution in [0.4, 0.5) is 0 Å². The fourth-order valence-electron chi connectivity index (χ4n) is 3.43. The molecule has 0 spiro atoms. The van der Waals surface area contributed by atoms with Gasteiger partial charge in [-0.2, -0.15) is 0 Å². The van der Waals surface area contributed by atoms with Gasteiger partial charge in [-0.25, -0.2) is 4.79 Å². The maximum absolute atomic E-state index is 12.3. The minimum absolute atomic E-state index is 0.0554. The van der Waals surface area contributed by atoms with Crippen molar-refractivity contribution in [1.82, 2.24) is 14.9 Å². The third-order valence-corrected chi connectivity index (χ3v) is 4.70. The van der Waals surface area contributed by atoms with Crippen molar-refractivity contribution in [3.05, 3.63) is 34.2 Å². The van der Waals surface area contributed by atoms with Gasteiger partial charge in [-0.05, 0) is 68.8 Å². The second-order valence-corrected chi connectivity index (χ2v) is 6.19. The highest BCUT2D eigenvalue weighted by Crippen LogP contribution is 2.40. The molecule has 4 nitrogen and oxygen atoms in total.